The summed E-state index contributed by atoms with van der Waals surface area (Å²) in [4.78, 5) is 2.57. The quantitative estimate of drug-likeness (QED) is 0.755. The molecule has 0 radical (unpaired) electrons. The number of likely N-dealkylation sites (tertiary alicyclic amines) is 1. The van der Waals surface area contributed by atoms with Gasteiger partial charge in [-0.1, -0.05) is 19.1 Å². The Bertz CT molecular complexity index is 299. The maximum absolute atomic E-state index is 2.57. The predicted molar refractivity (Wildman–Crippen MR) is 72.8 cm³/mol. The van der Waals surface area contributed by atoms with Gasteiger partial charge in [-0.05, 0) is 72.1 Å². The number of rotatable bonds is 2. The molecule has 1 nitrogen and oxygen atoms in total. The first kappa shape index (κ1) is 11.4. The number of benzene rings is 1. The molecule has 1 aromatic rings. The first-order valence-corrected chi connectivity index (χ1v) is 6.79. The van der Waals surface area contributed by atoms with Gasteiger partial charge in [-0.2, -0.15) is 0 Å². The summed E-state index contributed by atoms with van der Waals surface area (Å²) in [5, 5.41) is 0. The number of hydrogen-bond acceptors (Lipinski definition) is 1. The summed E-state index contributed by atoms with van der Waals surface area (Å²) in [6, 6.07) is 8.89. The average molecular weight is 315 g/mol. The second-order valence-electron chi connectivity index (χ2n) is 4.59. The van der Waals surface area contributed by atoms with Crippen LogP contribution in [0.1, 0.15) is 25.3 Å². The molecule has 0 unspecified atom stereocenters. The molecule has 0 aromatic heterocycles. The van der Waals surface area contributed by atoms with Crippen molar-refractivity contribution in [3.63, 3.8) is 0 Å². The van der Waals surface area contributed by atoms with Crippen LogP contribution in [0, 0.1) is 9.49 Å². The van der Waals surface area contributed by atoms with Crippen molar-refractivity contribution in [1.29, 1.82) is 0 Å². The molecule has 2 heteroatoms. The van der Waals surface area contributed by atoms with Gasteiger partial charge in [0.15, 0.2) is 0 Å². The molecule has 0 spiro atoms. The summed E-state index contributed by atoms with van der Waals surface area (Å²) in [5.74, 6) is 0.929. The van der Waals surface area contributed by atoms with Gasteiger partial charge in [-0.25, -0.2) is 0 Å². The van der Waals surface area contributed by atoms with E-state index < -0.39 is 0 Å². The Labute approximate surface area is 106 Å². The number of halogens is 1. The van der Waals surface area contributed by atoms with Gasteiger partial charge in [0.2, 0.25) is 0 Å². The van der Waals surface area contributed by atoms with Crippen LogP contribution in [0.4, 0.5) is 0 Å². The lowest BCUT2D eigenvalue weighted by Crippen LogP contribution is -2.32. The highest BCUT2D eigenvalue weighted by Gasteiger charge is 2.15. The highest BCUT2D eigenvalue weighted by molar-refractivity contribution is 14.1. The summed E-state index contributed by atoms with van der Waals surface area (Å²) in [6.07, 6.45) is 2.73. The van der Waals surface area contributed by atoms with Crippen LogP contribution < -0.4 is 0 Å². The number of nitrogens with zero attached hydrogens (tertiary/aromatic N) is 1. The molecule has 1 saturated heterocycles. The third-order valence-corrected chi connectivity index (χ3v) is 3.91. The van der Waals surface area contributed by atoms with Crippen LogP contribution >= 0.6 is 22.6 Å². The SMILES string of the molecule is CC1CCN(Cc2ccc(I)cc2)CC1. The van der Waals surface area contributed by atoms with Crippen LogP contribution in [0.3, 0.4) is 0 Å². The topological polar surface area (TPSA) is 3.24 Å². The van der Waals surface area contributed by atoms with E-state index in [1.54, 1.807) is 0 Å². The van der Waals surface area contributed by atoms with Crippen LogP contribution in [0.5, 0.6) is 0 Å². The van der Waals surface area contributed by atoms with Crippen LogP contribution in [-0.2, 0) is 6.54 Å². The van der Waals surface area contributed by atoms with Gasteiger partial charge in [0.25, 0.3) is 0 Å². The first-order chi connectivity index (χ1) is 7.24. The summed E-state index contributed by atoms with van der Waals surface area (Å²) >= 11 is 2.36. The zero-order valence-corrected chi connectivity index (χ0v) is 11.4. The fraction of sp³-hybridized carbons (Fsp3) is 0.538. The van der Waals surface area contributed by atoms with Crippen LogP contribution in [0.2, 0.25) is 0 Å². The monoisotopic (exact) mass is 315 g/mol. The standard InChI is InChI=1S/C13H18IN/c1-11-6-8-15(9-7-11)10-12-2-4-13(14)5-3-12/h2-5,11H,6-10H2,1H3. The molecule has 0 atom stereocenters. The van der Waals surface area contributed by atoms with Crippen LogP contribution in [-0.4, -0.2) is 18.0 Å². The molecule has 15 heavy (non-hydrogen) atoms. The Hall–Kier alpha value is -0.0900. The Morgan fingerprint density at radius 3 is 2.40 bits per heavy atom. The molecule has 1 aliphatic heterocycles. The molecule has 0 saturated carbocycles. The minimum Gasteiger partial charge on any atom is -0.299 e. The maximum Gasteiger partial charge on any atom is 0.0233 e. The van der Waals surface area contributed by atoms with E-state index in [1.165, 1.54) is 35.1 Å². The second-order valence-corrected chi connectivity index (χ2v) is 5.83. The van der Waals surface area contributed by atoms with Crippen molar-refractivity contribution < 1.29 is 0 Å². The summed E-state index contributed by atoms with van der Waals surface area (Å²) in [5.41, 5.74) is 1.45. The van der Waals surface area contributed by atoms with Crippen molar-refractivity contribution in [1.82, 2.24) is 4.90 Å². The van der Waals surface area contributed by atoms with Crippen molar-refractivity contribution in [2.75, 3.05) is 13.1 Å². The summed E-state index contributed by atoms with van der Waals surface area (Å²) in [6.45, 7) is 6.03. The normalized spacial score (nSPS) is 19.3. The highest BCUT2D eigenvalue weighted by Crippen LogP contribution is 2.18. The minimum atomic E-state index is 0.929. The van der Waals surface area contributed by atoms with E-state index in [2.05, 4.69) is 58.7 Å². The van der Waals surface area contributed by atoms with Crippen molar-refractivity contribution in [3.8, 4) is 0 Å². The molecule has 0 bridgehead atoms. The van der Waals surface area contributed by atoms with Gasteiger partial charge in [0.1, 0.15) is 0 Å². The predicted octanol–water partition coefficient (Wildman–Crippen LogP) is 3.52. The van der Waals surface area contributed by atoms with Gasteiger partial charge < -0.3 is 0 Å². The smallest absolute Gasteiger partial charge is 0.0233 e. The molecule has 2 rings (SSSR count). The molecular formula is C13H18IN. The molecule has 1 heterocycles. The summed E-state index contributed by atoms with van der Waals surface area (Å²) in [7, 11) is 0. The number of piperidine rings is 1. The lowest BCUT2D eigenvalue weighted by atomic mass is 9.99. The lowest BCUT2D eigenvalue weighted by Gasteiger charge is -2.30. The molecule has 1 fully saturated rings. The molecule has 1 aromatic carbocycles. The zero-order chi connectivity index (χ0) is 10.7. The highest BCUT2D eigenvalue weighted by atomic mass is 127. The van der Waals surface area contributed by atoms with Crippen molar-refractivity contribution in [2.24, 2.45) is 5.92 Å². The van der Waals surface area contributed by atoms with Crippen molar-refractivity contribution in [2.45, 2.75) is 26.3 Å². The molecule has 0 aliphatic carbocycles. The van der Waals surface area contributed by atoms with E-state index in [0.717, 1.165) is 12.5 Å². The molecule has 0 N–H and O–H groups in total. The van der Waals surface area contributed by atoms with Gasteiger partial charge in [0.05, 0.1) is 0 Å². The van der Waals surface area contributed by atoms with Gasteiger partial charge in [-0.3, -0.25) is 4.90 Å². The first-order valence-electron chi connectivity index (χ1n) is 5.71. The molecule has 1 aliphatic rings. The minimum absolute atomic E-state index is 0.929. The van der Waals surface area contributed by atoms with E-state index in [9.17, 15) is 0 Å². The van der Waals surface area contributed by atoms with Gasteiger partial charge >= 0.3 is 0 Å². The Morgan fingerprint density at radius 1 is 1.20 bits per heavy atom. The van der Waals surface area contributed by atoms with E-state index in [0.29, 0.717) is 0 Å². The fourth-order valence-electron chi connectivity index (χ4n) is 2.07. The van der Waals surface area contributed by atoms with E-state index in [-0.39, 0.29) is 0 Å². The Balaban J connectivity index is 1.89. The van der Waals surface area contributed by atoms with E-state index in [4.69, 9.17) is 0 Å². The largest absolute Gasteiger partial charge is 0.299 e. The van der Waals surface area contributed by atoms with Crippen molar-refractivity contribution in [3.05, 3.63) is 33.4 Å². The zero-order valence-electron chi connectivity index (χ0n) is 9.25. The fourth-order valence-corrected chi connectivity index (χ4v) is 2.43. The van der Waals surface area contributed by atoms with Gasteiger partial charge in [0, 0.05) is 10.1 Å². The summed E-state index contributed by atoms with van der Waals surface area (Å²) < 4.78 is 1.32. The third kappa shape index (κ3) is 3.45. The van der Waals surface area contributed by atoms with E-state index >= 15 is 0 Å². The third-order valence-electron chi connectivity index (χ3n) is 3.20. The van der Waals surface area contributed by atoms with Gasteiger partial charge in [-0.15, -0.1) is 0 Å². The Kier molecular flexibility index (Phi) is 4.03. The number of hydrogen-bond donors (Lipinski definition) is 0. The molecular weight excluding hydrogens is 297 g/mol. The maximum atomic E-state index is 2.57. The lowest BCUT2D eigenvalue weighted by molar-refractivity contribution is 0.185. The average Bonchev–Trinajstić information content (AvgIpc) is 2.25. The van der Waals surface area contributed by atoms with Crippen LogP contribution in [0.15, 0.2) is 24.3 Å². The molecule has 0 amide bonds. The van der Waals surface area contributed by atoms with Crippen molar-refractivity contribution >= 4 is 22.6 Å². The van der Waals surface area contributed by atoms with E-state index in [1.807, 2.05) is 0 Å². The molecule has 82 valence electrons. The second kappa shape index (κ2) is 5.30. The van der Waals surface area contributed by atoms with Crippen LogP contribution in [0.25, 0.3) is 0 Å². The Morgan fingerprint density at radius 2 is 1.80 bits per heavy atom.